The molecule has 1 saturated carbocycles. The second kappa shape index (κ2) is 3.53. The third-order valence-electron chi connectivity index (χ3n) is 3.45. The van der Waals surface area contributed by atoms with Gasteiger partial charge in [0, 0.05) is 12.2 Å². The zero-order valence-electron chi connectivity index (χ0n) is 8.69. The molecule has 82 valence electrons. The van der Waals surface area contributed by atoms with Crippen LogP contribution in [-0.4, -0.2) is 11.6 Å². The summed E-state index contributed by atoms with van der Waals surface area (Å²) in [5.74, 6) is 0.600. The maximum absolute atomic E-state index is 13.7. The van der Waals surface area contributed by atoms with E-state index in [0.29, 0.717) is 24.0 Å². The highest BCUT2D eigenvalue weighted by Crippen LogP contribution is 2.54. The molecule has 0 N–H and O–H groups in total. The van der Waals surface area contributed by atoms with Crippen molar-refractivity contribution in [2.75, 3.05) is 6.61 Å². The van der Waals surface area contributed by atoms with Crippen LogP contribution < -0.4 is 0 Å². The summed E-state index contributed by atoms with van der Waals surface area (Å²) in [6.45, 7) is 0.700. The van der Waals surface area contributed by atoms with E-state index < -0.39 is 5.95 Å². The predicted octanol–water partition coefficient (Wildman–Crippen LogP) is 2.19. The van der Waals surface area contributed by atoms with E-state index in [-0.39, 0.29) is 11.8 Å². The fourth-order valence-corrected chi connectivity index (χ4v) is 2.48. The van der Waals surface area contributed by atoms with E-state index in [4.69, 9.17) is 10.00 Å². The van der Waals surface area contributed by atoms with Crippen molar-refractivity contribution in [3.63, 3.8) is 0 Å². The van der Waals surface area contributed by atoms with E-state index in [1.54, 1.807) is 12.1 Å². The number of aromatic nitrogens is 1. The number of pyridine rings is 1. The molecule has 1 aromatic rings. The number of hydrogen-bond acceptors (Lipinski definition) is 3. The minimum atomic E-state index is -0.559. The van der Waals surface area contributed by atoms with Gasteiger partial charge in [-0.15, -0.1) is 0 Å². The van der Waals surface area contributed by atoms with Gasteiger partial charge >= 0.3 is 0 Å². The van der Waals surface area contributed by atoms with E-state index in [0.717, 1.165) is 12.8 Å². The van der Waals surface area contributed by atoms with Crippen LogP contribution in [0.5, 0.6) is 0 Å². The summed E-state index contributed by atoms with van der Waals surface area (Å²) in [7, 11) is 0. The van der Waals surface area contributed by atoms with E-state index in [2.05, 4.69) is 4.98 Å². The molecule has 16 heavy (non-hydrogen) atoms. The van der Waals surface area contributed by atoms with Gasteiger partial charge in [0.25, 0.3) is 0 Å². The summed E-state index contributed by atoms with van der Waals surface area (Å²) in [5, 5.41) is 8.61. The fourth-order valence-electron chi connectivity index (χ4n) is 2.48. The molecule has 0 aromatic carbocycles. The second-order valence-electron chi connectivity index (χ2n) is 4.43. The summed E-state index contributed by atoms with van der Waals surface area (Å²) in [6.07, 6.45) is 2.07. The summed E-state index contributed by atoms with van der Waals surface area (Å²) in [4.78, 5) is 3.61. The summed E-state index contributed by atoms with van der Waals surface area (Å²) < 4.78 is 19.3. The quantitative estimate of drug-likeness (QED) is 0.679. The smallest absolute Gasteiger partial charge is 0.219 e. The Hall–Kier alpha value is -1.47. The Kier molecular flexibility index (Phi) is 2.15. The zero-order valence-corrected chi connectivity index (χ0v) is 8.69. The molecule has 1 aliphatic carbocycles. The lowest BCUT2D eigenvalue weighted by Gasteiger charge is -2.22. The summed E-state index contributed by atoms with van der Waals surface area (Å²) in [6, 6.07) is 5.01. The molecule has 1 aliphatic heterocycles. The second-order valence-corrected chi connectivity index (χ2v) is 4.43. The molecule has 2 fully saturated rings. The summed E-state index contributed by atoms with van der Waals surface area (Å²) >= 11 is 0. The molecule has 0 radical (unpaired) electrons. The first-order valence-electron chi connectivity index (χ1n) is 5.47. The van der Waals surface area contributed by atoms with Gasteiger partial charge in [-0.05, 0) is 36.8 Å². The number of ether oxygens (including phenoxy) is 1. The van der Waals surface area contributed by atoms with Crippen LogP contribution in [-0.2, 0) is 4.74 Å². The lowest BCUT2D eigenvalue weighted by molar-refractivity contribution is 0.00303. The highest BCUT2D eigenvalue weighted by molar-refractivity contribution is 5.27. The molecule has 3 nitrogen and oxygen atoms in total. The predicted molar refractivity (Wildman–Crippen MR) is 53.8 cm³/mol. The Morgan fingerprint density at radius 2 is 2.38 bits per heavy atom. The molecule has 0 amide bonds. The van der Waals surface area contributed by atoms with Crippen LogP contribution in [0.3, 0.4) is 0 Å². The van der Waals surface area contributed by atoms with Gasteiger partial charge in [-0.2, -0.15) is 9.65 Å². The Balaban J connectivity index is 1.91. The van der Waals surface area contributed by atoms with Crippen LogP contribution in [0.1, 0.15) is 30.2 Å². The topological polar surface area (TPSA) is 45.9 Å². The van der Waals surface area contributed by atoms with Gasteiger partial charge in [0.05, 0.1) is 6.10 Å². The largest absolute Gasteiger partial charge is 0.373 e. The first-order chi connectivity index (χ1) is 7.79. The van der Waals surface area contributed by atoms with Crippen molar-refractivity contribution in [3.05, 3.63) is 29.3 Å². The number of nitriles is 1. The number of halogens is 1. The molecule has 0 spiro atoms. The molecule has 3 atom stereocenters. The van der Waals surface area contributed by atoms with Crippen LogP contribution in [0.4, 0.5) is 4.39 Å². The fraction of sp³-hybridized carbons (Fsp3) is 0.500. The zero-order chi connectivity index (χ0) is 11.1. The van der Waals surface area contributed by atoms with E-state index >= 15 is 0 Å². The normalized spacial score (nSPS) is 31.6. The van der Waals surface area contributed by atoms with Crippen molar-refractivity contribution >= 4 is 0 Å². The average Bonchev–Trinajstić information content (AvgIpc) is 3.07. The molecule has 2 heterocycles. The molecule has 2 aliphatic rings. The average molecular weight is 218 g/mol. The molecular formula is C12H11FN2O. The first-order valence-corrected chi connectivity index (χ1v) is 5.47. The third kappa shape index (κ3) is 1.48. The molecule has 0 bridgehead atoms. The van der Waals surface area contributed by atoms with Crippen LogP contribution >= 0.6 is 0 Å². The van der Waals surface area contributed by atoms with E-state index in [1.165, 1.54) is 0 Å². The van der Waals surface area contributed by atoms with Gasteiger partial charge in [0.15, 0.2) is 0 Å². The van der Waals surface area contributed by atoms with E-state index in [1.807, 2.05) is 6.07 Å². The molecule has 1 saturated heterocycles. The van der Waals surface area contributed by atoms with Crippen LogP contribution in [0.15, 0.2) is 12.1 Å². The number of rotatable bonds is 1. The van der Waals surface area contributed by atoms with Gasteiger partial charge in [0.1, 0.15) is 11.8 Å². The summed E-state index contributed by atoms with van der Waals surface area (Å²) in [5.41, 5.74) is 0.621. The standard InChI is InChI=1S/C12H11FN2O/c13-12-9(2-1-8(6-14)15-12)11-10-5-7(10)3-4-16-11/h1-2,7,10-11H,3-5H2. The van der Waals surface area contributed by atoms with Gasteiger partial charge in [-0.1, -0.05) is 0 Å². The van der Waals surface area contributed by atoms with Crippen LogP contribution in [0, 0.1) is 29.1 Å². The van der Waals surface area contributed by atoms with Crippen LogP contribution in [0.25, 0.3) is 0 Å². The SMILES string of the molecule is N#Cc1ccc(C2OCCC3CC32)c(F)n1. The van der Waals surface area contributed by atoms with Gasteiger partial charge in [-0.3, -0.25) is 0 Å². The number of nitrogens with zero attached hydrogens (tertiary/aromatic N) is 2. The van der Waals surface area contributed by atoms with Crippen molar-refractivity contribution in [3.8, 4) is 6.07 Å². The minimum Gasteiger partial charge on any atom is -0.373 e. The maximum Gasteiger partial charge on any atom is 0.219 e. The van der Waals surface area contributed by atoms with Crippen molar-refractivity contribution in [2.24, 2.45) is 11.8 Å². The molecular weight excluding hydrogens is 207 g/mol. The molecule has 3 unspecified atom stereocenters. The van der Waals surface area contributed by atoms with Crippen LogP contribution in [0.2, 0.25) is 0 Å². The Morgan fingerprint density at radius 3 is 3.12 bits per heavy atom. The van der Waals surface area contributed by atoms with Gasteiger partial charge < -0.3 is 4.74 Å². The van der Waals surface area contributed by atoms with Gasteiger partial charge in [-0.25, -0.2) is 4.98 Å². The van der Waals surface area contributed by atoms with Crippen molar-refractivity contribution < 1.29 is 9.13 Å². The Morgan fingerprint density at radius 1 is 1.50 bits per heavy atom. The van der Waals surface area contributed by atoms with Crippen molar-refractivity contribution in [1.82, 2.24) is 4.98 Å². The molecule has 1 aromatic heterocycles. The minimum absolute atomic E-state index is 0.115. The Bertz CT molecular complexity index is 469. The van der Waals surface area contributed by atoms with Crippen molar-refractivity contribution in [2.45, 2.75) is 18.9 Å². The lowest BCUT2D eigenvalue weighted by atomic mass is 10.0. The highest BCUT2D eigenvalue weighted by atomic mass is 19.1. The third-order valence-corrected chi connectivity index (χ3v) is 3.45. The van der Waals surface area contributed by atoms with Crippen molar-refractivity contribution in [1.29, 1.82) is 5.26 Å². The first kappa shape index (κ1) is 9.73. The monoisotopic (exact) mass is 218 g/mol. The molecule has 3 rings (SSSR count). The van der Waals surface area contributed by atoms with E-state index in [9.17, 15) is 4.39 Å². The lowest BCUT2D eigenvalue weighted by Crippen LogP contribution is -2.16. The van der Waals surface area contributed by atoms with Gasteiger partial charge in [0.2, 0.25) is 5.95 Å². The highest BCUT2D eigenvalue weighted by Gasteiger charge is 2.47. The number of hydrogen-bond donors (Lipinski definition) is 0. The maximum atomic E-state index is 13.7. The molecule has 4 heteroatoms. The number of fused-ring (bicyclic) bond motifs is 1. The Labute approximate surface area is 92.9 Å².